The molecule has 0 bridgehead atoms. The van der Waals surface area contributed by atoms with Crippen LogP contribution in [0.5, 0.6) is 0 Å². The summed E-state index contributed by atoms with van der Waals surface area (Å²) in [6.07, 6.45) is 5.04. The highest BCUT2D eigenvalue weighted by Crippen LogP contribution is 2.54. The summed E-state index contributed by atoms with van der Waals surface area (Å²) in [5, 5.41) is 9.37. The molecule has 1 N–H and O–H groups in total. The summed E-state index contributed by atoms with van der Waals surface area (Å²) in [4.78, 5) is 10.2. The van der Waals surface area contributed by atoms with Gasteiger partial charge in [0, 0.05) is 49.6 Å². The van der Waals surface area contributed by atoms with Gasteiger partial charge in [-0.3, -0.25) is 0 Å². The van der Waals surface area contributed by atoms with E-state index in [1.54, 1.807) is 0 Å². The molecule has 1 aliphatic carbocycles. The van der Waals surface area contributed by atoms with Gasteiger partial charge in [-0.2, -0.15) is 5.10 Å². The second kappa shape index (κ2) is 8.10. The number of aryl methyl sites for hydroxylation is 3. The summed E-state index contributed by atoms with van der Waals surface area (Å²) >= 11 is 2.40. The topological polar surface area (TPSA) is 65.5 Å². The van der Waals surface area contributed by atoms with E-state index in [0.717, 1.165) is 41.2 Å². The van der Waals surface area contributed by atoms with Crippen LogP contribution in [0.3, 0.4) is 0 Å². The van der Waals surface area contributed by atoms with Gasteiger partial charge in [0.2, 0.25) is 0 Å². The average molecular weight is 609 g/mol. The Morgan fingerprint density at radius 1 is 1.03 bits per heavy atom. The molecule has 2 aliphatic rings. The van der Waals surface area contributed by atoms with E-state index in [4.69, 9.17) is 15.1 Å². The van der Waals surface area contributed by atoms with E-state index in [1.165, 1.54) is 46.4 Å². The molecule has 1 spiro atoms. The van der Waals surface area contributed by atoms with E-state index in [0.29, 0.717) is 17.7 Å². The lowest BCUT2D eigenvalue weighted by Gasteiger charge is -2.54. The number of imidazole rings is 2. The number of fused-ring (bicyclic) bond motifs is 2. The molecule has 36 heavy (non-hydrogen) atoms. The first kappa shape index (κ1) is 22.9. The fourth-order valence-electron chi connectivity index (χ4n) is 6.36. The Balaban J connectivity index is 1.46. The van der Waals surface area contributed by atoms with E-state index in [-0.39, 0.29) is 0 Å². The van der Waals surface area contributed by atoms with Crippen molar-refractivity contribution in [2.45, 2.75) is 32.6 Å². The smallest absolute Gasteiger partial charge is 0.112 e. The maximum absolute atomic E-state index is 5.39. The van der Waals surface area contributed by atoms with Crippen molar-refractivity contribution < 1.29 is 0 Å². The van der Waals surface area contributed by atoms with E-state index in [1.807, 2.05) is 6.20 Å². The maximum atomic E-state index is 5.39. The third-order valence-electron chi connectivity index (χ3n) is 8.51. The minimum absolute atomic E-state index is 0.500. The molecule has 5 aromatic rings. The van der Waals surface area contributed by atoms with Gasteiger partial charge in [-0.05, 0) is 77.9 Å². The van der Waals surface area contributed by atoms with E-state index < -0.39 is 0 Å². The van der Waals surface area contributed by atoms with Crippen LogP contribution in [0.4, 0.5) is 0 Å². The van der Waals surface area contributed by atoms with Gasteiger partial charge in [-0.1, -0.05) is 12.1 Å². The Morgan fingerprint density at radius 3 is 2.53 bits per heavy atom. The first-order valence-electron chi connectivity index (χ1n) is 12.4. The Bertz CT molecular complexity index is 1660. The molecular weight excluding hydrogens is 580 g/mol. The number of nitrogens with one attached hydrogen (secondary N) is 1. The van der Waals surface area contributed by atoms with Crippen LogP contribution in [-0.4, -0.2) is 41.7 Å². The molecule has 0 radical (unpaired) electrons. The lowest BCUT2D eigenvalue weighted by Crippen LogP contribution is -2.59. The number of aromatic nitrogens is 6. The van der Waals surface area contributed by atoms with Gasteiger partial charge >= 0.3 is 0 Å². The van der Waals surface area contributed by atoms with Gasteiger partial charge in [0.1, 0.15) is 11.6 Å². The van der Waals surface area contributed by atoms with Crippen LogP contribution >= 0.6 is 28.4 Å². The maximum Gasteiger partial charge on any atom is 0.112 e. The molecule has 1 atom stereocenters. The van der Waals surface area contributed by atoms with Crippen molar-refractivity contribution in [1.82, 2.24) is 34.0 Å². The van der Waals surface area contributed by atoms with Crippen LogP contribution in [0.15, 0.2) is 36.5 Å². The first-order valence-corrected chi connectivity index (χ1v) is 16.5. The number of halogens is 1. The third kappa shape index (κ3) is 3.20. The van der Waals surface area contributed by atoms with Crippen molar-refractivity contribution in [3.8, 4) is 22.5 Å². The summed E-state index contributed by atoms with van der Waals surface area (Å²) in [7, 11) is 4.28. The quantitative estimate of drug-likeness (QED) is 0.205. The summed E-state index contributed by atoms with van der Waals surface area (Å²) in [5.74, 6) is 2.73. The molecule has 7 nitrogen and oxygen atoms in total. The Labute approximate surface area is 225 Å². The van der Waals surface area contributed by atoms with Gasteiger partial charge in [0.15, 0.2) is 0 Å². The van der Waals surface area contributed by atoms with Crippen molar-refractivity contribution >= 4 is 50.4 Å². The number of benzene rings is 2. The summed E-state index contributed by atoms with van der Waals surface area (Å²) < 4.78 is 6.62. The van der Waals surface area contributed by atoms with Gasteiger partial charge < -0.3 is 14.5 Å². The van der Waals surface area contributed by atoms with Crippen molar-refractivity contribution in [2.24, 2.45) is 19.5 Å². The van der Waals surface area contributed by atoms with Crippen LogP contribution in [-0.2, 0) is 14.1 Å². The predicted octanol–water partition coefficient (Wildman–Crippen LogP) is 5.87. The highest BCUT2D eigenvalue weighted by Gasteiger charge is 2.50. The zero-order valence-corrected chi connectivity index (χ0v) is 24.1. The molecule has 4 heterocycles. The van der Waals surface area contributed by atoms with Crippen LogP contribution in [0, 0.1) is 19.3 Å². The molecule has 1 saturated heterocycles. The van der Waals surface area contributed by atoms with Crippen LogP contribution in [0.1, 0.15) is 36.0 Å². The van der Waals surface area contributed by atoms with Crippen LogP contribution in [0.25, 0.3) is 44.5 Å². The second-order valence-corrected chi connectivity index (χ2v) is 12.7. The molecule has 1 saturated carbocycles. The molecule has 0 amide bonds. The number of hydrogen-bond donors (Lipinski definition) is 1. The molecule has 2 fully saturated rings. The summed E-state index contributed by atoms with van der Waals surface area (Å²) in [6, 6.07) is 11.0. The molecule has 3 aromatic heterocycles. The number of nitrogens with zero attached hydrogens (tertiary/aromatic N) is 6. The molecule has 1 unspecified atom stereocenters. The van der Waals surface area contributed by atoms with Gasteiger partial charge in [0.05, 0.1) is 40.5 Å². The van der Waals surface area contributed by atoms with E-state index in [2.05, 4.69) is 99.2 Å². The van der Waals surface area contributed by atoms with Crippen molar-refractivity contribution in [2.75, 3.05) is 13.1 Å². The number of hydrogen-bond acceptors (Lipinski definition) is 4. The minimum atomic E-state index is 0.500. The van der Waals surface area contributed by atoms with Crippen molar-refractivity contribution in [3.05, 3.63) is 53.7 Å². The van der Waals surface area contributed by atoms with E-state index in [9.17, 15) is 0 Å². The van der Waals surface area contributed by atoms with Gasteiger partial charge in [0.25, 0.3) is 0 Å². The van der Waals surface area contributed by atoms with Gasteiger partial charge in [-0.15, -0.1) is 0 Å². The van der Waals surface area contributed by atoms with E-state index >= 15 is 0 Å². The Hall–Kier alpha value is -2.29. The standard InChI is InChI=1S/C27H29IN7P/c1-15-5-7-21-19(12-30-35(21)36-28)23(15)25-24(17-6-8-22-20(9-17)31-16(2)33(22)3)32-26(34(25)4)18-10-27(11-18)13-29-14-27/h5-9,12,18,29,36H,10-11,13-14H2,1-4H3. The summed E-state index contributed by atoms with van der Waals surface area (Å²) in [5.41, 5.74) is 9.68. The fraction of sp³-hybridized carbons (Fsp3) is 0.370. The first-order chi connectivity index (χ1) is 17.4. The Kier molecular flexibility index (Phi) is 5.15. The highest BCUT2D eigenvalue weighted by molar-refractivity contribution is 14.2. The Morgan fingerprint density at radius 2 is 1.81 bits per heavy atom. The number of rotatable bonds is 4. The van der Waals surface area contributed by atoms with Crippen molar-refractivity contribution in [1.29, 1.82) is 0 Å². The zero-order chi connectivity index (χ0) is 24.8. The second-order valence-electron chi connectivity index (χ2n) is 10.7. The van der Waals surface area contributed by atoms with Crippen LogP contribution < -0.4 is 5.32 Å². The largest absolute Gasteiger partial charge is 0.331 e. The SMILES string of the molecule is Cc1ccc2c(cnn2PI)c1-c1c(-c2ccc3c(c2)nc(C)n3C)nc(C2CC3(CNC3)C2)n1C. The molecule has 9 heteroatoms. The molecular formula is C27H29IN7P. The zero-order valence-electron chi connectivity index (χ0n) is 20.9. The highest BCUT2D eigenvalue weighted by atomic mass is 127. The minimum Gasteiger partial charge on any atom is -0.331 e. The van der Waals surface area contributed by atoms with Gasteiger partial charge in [-0.25, -0.2) is 14.4 Å². The third-order valence-corrected chi connectivity index (χ3v) is 10.4. The monoisotopic (exact) mass is 609 g/mol. The molecule has 2 aromatic carbocycles. The lowest BCUT2D eigenvalue weighted by atomic mass is 9.58. The normalized spacial score (nSPS) is 17.6. The predicted molar refractivity (Wildman–Crippen MR) is 156 cm³/mol. The van der Waals surface area contributed by atoms with Crippen LogP contribution in [0.2, 0.25) is 0 Å². The summed E-state index contributed by atoms with van der Waals surface area (Å²) in [6.45, 7) is 6.57. The molecule has 1 aliphatic heterocycles. The lowest BCUT2D eigenvalue weighted by molar-refractivity contribution is 0.0321. The molecule has 7 rings (SSSR count). The molecule has 184 valence electrons. The van der Waals surface area contributed by atoms with Crippen molar-refractivity contribution in [3.63, 3.8) is 0 Å². The average Bonchev–Trinajstić information content (AvgIpc) is 3.46. The fourth-order valence-corrected chi connectivity index (χ4v) is 7.90.